The normalized spacial score (nSPS) is 20.7. The highest BCUT2D eigenvalue weighted by molar-refractivity contribution is 5.89. The molecule has 4 rings (SSSR count). The van der Waals surface area contributed by atoms with Gasteiger partial charge in [0.1, 0.15) is 5.75 Å². The van der Waals surface area contributed by atoms with Crippen LogP contribution in [0.5, 0.6) is 5.75 Å². The summed E-state index contributed by atoms with van der Waals surface area (Å²) in [5.41, 5.74) is 1.72. The van der Waals surface area contributed by atoms with Crippen molar-refractivity contribution in [1.29, 1.82) is 0 Å². The highest BCUT2D eigenvalue weighted by Crippen LogP contribution is 2.43. The van der Waals surface area contributed by atoms with Gasteiger partial charge in [0.25, 0.3) is 0 Å². The summed E-state index contributed by atoms with van der Waals surface area (Å²) in [4.78, 5) is 27.5. The molecule has 2 aliphatic rings. The third kappa shape index (κ3) is 4.00. The summed E-state index contributed by atoms with van der Waals surface area (Å²) in [6.45, 7) is 1.03. The van der Waals surface area contributed by atoms with Crippen LogP contribution in [0.2, 0.25) is 0 Å². The Hall–Kier alpha value is -2.82. The summed E-state index contributed by atoms with van der Waals surface area (Å²) in [7, 11) is 1.67. The molecule has 29 heavy (non-hydrogen) atoms. The van der Waals surface area contributed by atoms with Crippen molar-refractivity contribution in [1.82, 2.24) is 10.2 Å². The molecule has 0 radical (unpaired) electrons. The van der Waals surface area contributed by atoms with Gasteiger partial charge in [-0.2, -0.15) is 0 Å². The van der Waals surface area contributed by atoms with Gasteiger partial charge in [-0.3, -0.25) is 9.59 Å². The van der Waals surface area contributed by atoms with Crippen LogP contribution in [0.15, 0.2) is 54.6 Å². The minimum absolute atomic E-state index is 0.0262. The van der Waals surface area contributed by atoms with Gasteiger partial charge in [-0.25, -0.2) is 0 Å². The fourth-order valence-corrected chi connectivity index (χ4v) is 4.72. The number of carbonyl (C=O) groups excluding carboxylic acids is 2. The van der Waals surface area contributed by atoms with E-state index in [1.165, 1.54) is 0 Å². The Balaban J connectivity index is 1.48. The van der Waals surface area contributed by atoms with Crippen molar-refractivity contribution in [3.63, 3.8) is 0 Å². The molecule has 152 valence electrons. The van der Waals surface area contributed by atoms with E-state index in [0.29, 0.717) is 13.1 Å². The Bertz CT molecular complexity index is 875. The third-order valence-electron chi connectivity index (χ3n) is 6.24. The summed E-state index contributed by atoms with van der Waals surface area (Å²) in [6, 6.07) is 17.9. The summed E-state index contributed by atoms with van der Waals surface area (Å²) < 4.78 is 5.58. The van der Waals surface area contributed by atoms with E-state index in [9.17, 15) is 9.59 Å². The minimum Gasteiger partial charge on any atom is -0.496 e. The molecular formula is C24H28N2O3. The Morgan fingerprint density at radius 3 is 2.52 bits per heavy atom. The van der Waals surface area contributed by atoms with E-state index >= 15 is 0 Å². The molecule has 0 bridgehead atoms. The molecule has 1 aliphatic heterocycles. The zero-order valence-electron chi connectivity index (χ0n) is 16.9. The van der Waals surface area contributed by atoms with Crippen molar-refractivity contribution in [2.75, 3.05) is 13.7 Å². The molecule has 1 N–H and O–H groups in total. The lowest BCUT2D eigenvalue weighted by Gasteiger charge is -2.33. The largest absolute Gasteiger partial charge is 0.496 e. The van der Waals surface area contributed by atoms with Crippen molar-refractivity contribution in [3.05, 3.63) is 65.7 Å². The van der Waals surface area contributed by atoms with Crippen LogP contribution in [-0.4, -0.2) is 30.4 Å². The van der Waals surface area contributed by atoms with Gasteiger partial charge in [0, 0.05) is 25.1 Å². The molecule has 1 saturated carbocycles. The first kappa shape index (κ1) is 19.5. The van der Waals surface area contributed by atoms with Crippen molar-refractivity contribution in [2.45, 2.75) is 44.2 Å². The Kier molecular flexibility index (Phi) is 5.56. The molecule has 1 heterocycles. The van der Waals surface area contributed by atoms with Gasteiger partial charge in [-0.15, -0.1) is 0 Å². The average Bonchev–Trinajstić information content (AvgIpc) is 3.36. The number of amides is 2. The molecule has 1 aliphatic carbocycles. The number of para-hydroxylation sites is 1. The fraction of sp³-hybridized carbons (Fsp3) is 0.417. The maximum absolute atomic E-state index is 13.2. The van der Waals surface area contributed by atoms with Crippen molar-refractivity contribution in [3.8, 4) is 5.75 Å². The van der Waals surface area contributed by atoms with Crippen LogP contribution >= 0.6 is 0 Å². The van der Waals surface area contributed by atoms with Crippen molar-refractivity contribution < 1.29 is 14.3 Å². The van der Waals surface area contributed by atoms with Crippen molar-refractivity contribution >= 4 is 11.8 Å². The van der Waals surface area contributed by atoms with E-state index in [1.54, 1.807) is 12.0 Å². The summed E-state index contributed by atoms with van der Waals surface area (Å²) in [6.07, 6.45) is 4.21. The zero-order chi connectivity index (χ0) is 20.3. The van der Waals surface area contributed by atoms with E-state index in [1.807, 2.05) is 54.6 Å². The van der Waals surface area contributed by atoms with Crippen LogP contribution in [0.3, 0.4) is 0 Å². The number of hydrogen-bond acceptors (Lipinski definition) is 3. The topological polar surface area (TPSA) is 58.6 Å². The molecule has 5 nitrogen and oxygen atoms in total. The Morgan fingerprint density at radius 1 is 1.10 bits per heavy atom. The molecule has 2 amide bonds. The second kappa shape index (κ2) is 8.27. The number of methoxy groups -OCH3 is 1. The lowest BCUT2D eigenvalue weighted by Crippen LogP contribution is -2.47. The van der Waals surface area contributed by atoms with Crippen LogP contribution in [0.4, 0.5) is 0 Å². The SMILES string of the molecule is COc1ccccc1C1(NC(=O)C2CC(=O)N(Cc3ccccc3)C2)CCCC1. The van der Waals surface area contributed by atoms with E-state index in [4.69, 9.17) is 4.74 Å². The number of rotatable bonds is 6. The molecule has 5 heteroatoms. The molecule has 1 unspecified atom stereocenters. The molecule has 2 aromatic rings. The van der Waals surface area contributed by atoms with Gasteiger partial charge in [0.05, 0.1) is 18.6 Å². The maximum atomic E-state index is 13.2. The van der Waals surface area contributed by atoms with Gasteiger partial charge >= 0.3 is 0 Å². The highest BCUT2D eigenvalue weighted by Gasteiger charge is 2.42. The molecule has 2 aromatic carbocycles. The standard InChI is InChI=1S/C24H28N2O3/c1-29-21-12-6-5-11-20(21)24(13-7-8-14-24)25-23(28)19-15-22(27)26(17-19)16-18-9-3-2-4-10-18/h2-6,9-12,19H,7-8,13-17H2,1H3,(H,25,28). The van der Waals surface area contributed by atoms with E-state index in [0.717, 1.165) is 42.6 Å². The summed E-state index contributed by atoms with van der Waals surface area (Å²) in [5, 5.41) is 3.33. The highest BCUT2D eigenvalue weighted by atomic mass is 16.5. The second-order valence-corrected chi connectivity index (χ2v) is 8.14. The van der Waals surface area contributed by atoms with Crippen LogP contribution in [0, 0.1) is 5.92 Å². The molecule has 0 aromatic heterocycles. The number of nitrogens with one attached hydrogen (secondary N) is 1. The van der Waals surface area contributed by atoms with Crippen LogP contribution in [0.1, 0.15) is 43.2 Å². The average molecular weight is 392 g/mol. The zero-order valence-corrected chi connectivity index (χ0v) is 16.9. The predicted molar refractivity (Wildman–Crippen MR) is 111 cm³/mol. The number of nitrogens with zero attached hydrogens (tertiary/aromatic N) is 1. The lowest BCUT2D eigenvalue weighted by molar-refractivity contribution is -0.129. The predicted octanol–water partition coefficient (Wildman–Crippen LogP) is 3.63. The van der Waals surface area contributed by atoms with Gasteiger partial charge < -0.3 is 15.0 Å². The molecule has 1 atom stereocenters. The smallest absolute Gasteiger partial charge is 0.226 e. The third-order valence-corrected chi connectivity index (χ3v) is 6.24. The summed E-state index contributed by atoms with van der Waals surface area (Å²) >= 11 is 0. The first-order chi connectivity index (χ1) is 14.1. The Labute approximate surface area is 172 Å². The Morgan fingerprint density at radius 2 is 1.79 bits per heavy atom. The first-order valence-corrected chi connectivity index (χ1v) is 10.4. The number of ether oxygens (including phenoxy) is 1. The molecule has 2 fully saturated rings. The molecule has 0 spiro atoms. The number of likely N-dealkylation sites (tertiary alicyclic amines) is 1. The first-order valence-electron chi connectivity index (χ1n) is 10.4. The van der Waals surface area contributed by atoms with E-state index < -0.39 is 5.54 Å². The number of benzene rings is 2. The fourth-order valence-electron chi connectivity index (χ4n) is 4.72. The molecular weight excluding hydrogens is 364 g/mol. The maximum Gasteiger partial charge on any atom is 0.226 e. The minimum atomic E-state index is -0.403. The summed E-state index contributed by atoms with van der Waals surface area (Å²) in [5.74, 6) is 0.523. The lowest BCUT2D eigenvalue weighted by atomic mass is 9.86. The quantitative estimate of drug-likeness (QED) is 0.817. The number of carbonyl (C=O) groups is 2. The van der Waals surface area contributed by atoms with Gasteiger partial charge in [-0.05, 0) is 24.5 Å². The second-order valence-electron chi connectivity index (χ2n) is 8.14. The van der Waals surface area contributed by atoms with Crippen molar-refractivity contribution in [2.24, 2.45) is 5.92 Å². The van der Waals surface area contributed by atoms with Crippen LogP contribution in [0.25, 0.3) is 0 Å². The van der Waals surface area contributed by atoms with E-state index in [-0.39, 0.29) is 24.2 Å². The number of hydrogen-bond donors (Lipinski definition) is 1. The molecule has 1 saturated heterocycles. The van der Waals surface area contributed by atoms with Crippen LogP contribution < -0.4 is 10.1 Å². The van der Waals surface area contributed by atoms with Gasteiger partial charge in [-0.1, -0.05) is 61.4 Å². The monoisotopic (exact) mass is 392 g/mol. The van der Waals surface area contributed by atoms with Gasteiger partial charge in [0.2, 0.25) is 11.8 Å². The van der Waals surface area contributed by atoms with E-state index in [2.05, 4.69) is 5.32 Å². The van der Waals surface area contributed by atoms with Gasteiger partial charge in [0.15, 0.2) is 0 Å². The van der Waals surface area contributed by atoms with Crippen LogP contribution in [-0.2, 0) is 21.7 Å².